The maximum absolute atomic E-state index is 14.0. The van der Waals surface area contributed by atoms with Crippen LogP contribution in [0.5, 0.6) is 17.2 Å². The number of para-hydroxylation sites is 2. The zero-order valence-corrected chi connectivity index (χ0v) is 38.6. The number of fused-ring (bicyclic) bond motifs is 5. The molecule has 1 atom stereocenters. The number of hydrogen-bond donors (Lipinski definition) is 5. The monoisotopic (exact) mass is 887 g/mol. The van der Waals surface area contributed by atoms with Gasteiger partial charge < -0.3 is 40.0 Å². The summed E-state index contributed by atoms with van der Waals surface area (Å²) >= 11 is 9.01. The Hall–Kier alpha value is -5.79. The third-order valence-corrected chi connectivity index (χ3v) is 11.8. The lowest BCUT2D eigenvalue weighted by Crippen LogP contribution is -2.39. The summed E-state index contributed by atoms with van der Waals surface area (Å²) in [5, 5.41) is 9.80. The number of nitrogens with one attached hydrogen (secondary N) is 3. The van der Waals surface area contributed by atoms with Crippen LogP contribution in [0.1, 0.15) is 89.1 Å². The van der Waals surface area contributed by atoms with Crippen LogP contribution in [0.4, 0.5) is 28.4 Å². The van der Waals surface area contributed by atoms with Crippen LogP contribution in [-0.2, 0) is 30.8 Å². The summed E-state index contributed by atoms with van der Waals surface area (Å²) in [5.74, 6) is 1.53. The molecule has 3 amide bonds. The molecule has 0 saturated carbocycles. The van der Waals surface area contributed by atoms with E-state index in [0.29, 0.717) is 77.2 Å². The Balaban J connectivity index is 0.00000293. The smallest absolute Gasteiger partial charge is 0.260 e. The second kappa shape index (κ2) is 19.7. The molecule has 63 heavy (non-hydrogen) atoms. The van der Waals surface area contributed by atoms with E-state index in [0.717, 1.165) is 52.0 Å². The highest BCUT2D eigenvalue weighted by molar-refractivity contribution is 7.81. The lowest BCUT2D eigenvalue weighted by Gasteiger charge is -2.22. The number of hydrogen-bond acceptors (Lipinski definition) is 10. The van der Waals surface area contributed by atoms with E-state index in [9.17, 15) is 14.4 Å². The molecule has 3 aliphatic rings. The van der Waals surface area contributed by atoms with Crippen LogP contribution < -0.4 is 40.0 Å². The van der Waals surface area contributed by atoms with Gasteiger partial charge in [-0.25, -0.2) is 0 Å². The van der Waals surface area contributed by atoms with Crippen molar-refractivity contribution >= 4 is 71.4 Å². The van der Waals surface area contributed by atoms with Crippen LogP contribution in [0.2, 0.25) is 0 Å². The van der Waals surface area contributed by atoms with Gasteiger partial charge in [0.1, 0.15) is 19.0 Å². The van der Waals surface area contributed by atoms with Gasteiger partial charge in [0.25, 0.3) is 11.8 Å². The lowest BCUT2D eigenvalue weighted by molar-refractivity contribution is -0.116. The van der Waals surface area contributed by atoms with E-state index in [1.807, 2.05) is 117 Å². The summed E-state index contributed by atoms with van der Waals surface area (Å²) in [6.07, 6.45) is 2.50. The molecular formula is C50H57N5O6S2. The van der Waals surface area contributed by atoms with Gasteiger partial charge in [-0.05, 0) is 96.5 Å². The fraction of sp³-hybridized carbons (Fsp3) is 0.340. The summed E-state index contributed by atoms with van der Waals surface area (Å²) in [6, 6.07) is 29.1. The largest absolute Gasteiger partial charge is 0.493 e. The highest BCUT2D eigenvalue weighted by Crippen LogP contribution is 2.41. The van der Waals surface area contributed by atoms with Crippen molar-refractivity contribution in [2.24, 2.45) is 0 Å². The molecule has 8 rings (SSSR count). The SMILES string of the molecule is CC.COc1cc2c(cc1OCc1cc(COc3cc(NCS)c(C(=O)N4CCc5ccccc54)cc3C)cc(NC(=O)CCC(C)(C)S)c1)NCC1Cc3ccccc3N1C2=O. The fourth-order valence-corrected chi connectivity index (χ4v) is 8.61. The van der Waals surface area contributed by atoms with Gasteiger partial charge in [-0.1, -0.05) is 64.1 Å². The number of anilines is 5. The molecule has 5 aromatic carbocycles. The third kappa shape index (κ3) is 10.2. The van der Waals surface area contributed by atoms with Crippen molar-refractivity contribution in [2.75, 3.05) is 51.8 Å². The average Bonchev–Trinajstić information content (AvgIpc) is 3.85. The van der Waals surface area contributed by atoms with Crippen LogP contribution in [0.3, 0.4) is 0 Å². The van der Waals surface area contributed by atoms with E-state index in [-0.39, 0.29) is 41.7 Å². The zero-order valence-electron chi connectivity index (χ0n) is 36.8. The standard InChI is InChI=1S/C48H51N5O6S2.C2H6/c1-29-17-36(46(55)52-16-14-32-9-5-7-11-40(32)52)39(50-28-60)23-42(29)58-26-30-18-31(20-34(19-30)51-45(54)13-15-48(2,3)61)27-59-44-24-38-37(22-43(44)57-4)47(56)53-35(25-49-38)21-33-10-6-8-12-41(33)53;1-2/h5-12,17-20,22-24,35,49-50,60-61H,13-16,21,25-28H2,1-4H3,(H,51,54);1-2H3. The first-order chi connectivity index (χ1) is 30.4. The first kappa shape index (κ1) is 45.2. The number of ether oxygens (including phenoxy) is 3. The van der Waals surface area contributed by atoms with Gasteiger partial charge in [-0.2, -0.15) is 25.3 Å². The second-order valence-electron chi connectivity index (χ2n) is 16.4. The van der Waals surface area contributed by atoms with E-state index >= 15 is 0 Å². The minimum absolute atomic E-state index is 0.00626. The topological polar surface area (TPSA) is 121 Å². The van der Waals surface area contributed by atoms with Crippen LogP contribution >= 0.6 is 25.3 Å². The number of methoxy groups -OCH3 is 1. The molecule has 0 spiro atoms. The van der Waals surface area contributed by atoms with Crippen molar-refractivity contribution in [3.8, 4) is 17.2 Å². The minimum atomic E-state index is -0.295. The third-order valence-electron chi connectivity index (χ3n) is 11.4. The molecular weight excluding hydrogens is 831 g/mol. The number of carbonyl (C=O) groups excluding carboxylic acids is 3. The van der Waals surface area contributed by atoms with Gasteiger partial charge in [0, 0.05) is 53.5 Å². The first-order valence-electron chi connectivity index (χ1n) is 21.6. The van der Waals surface area contributed by atoms with Crippen molar-refractivity contribution in [3.63, 3.8) is 0 Å². The Bertz CT molecular complexity index is 2500. The van der Waals surface area contributed by atoms with Crippen LogP contribution in [-0.4, -0.2) is 54.6 Å². The van der Waals surface area contributed by atoms with Crippen molar-refractivity contribution in [1.29, 1.82) is 0 Å². The van der Waals surface area contributed by atoms with Gasteiger partial charge in [0.05, 0.1) is 41.5 Å². The molecule has 13 heteroatoms. The molecule has 5 aromatic rings. The minimum Gasteiger partial charge on any atom is -0.493 e. The number of nitrogens with zero attached hydrogens (tertiary/aromatic N) is 2. The zero-order chi connectivity index (χ0) is 44.8. The molecule has 1 unspecified atom stereocenters. The number of benzene rings is 5. The predicted octanol–water partition coefficient (Wildman–Crippen LogP) is 10.1. The van der Waals surface area contributed by atoms with Gasteiger partial charge in [0.15, 0.2) is 11.5 Å². The molecule has 0 bridgehead atoms. The summed E-state index contributed by atoms with van der Waals surface area (Å²) in [5.41, 5.74) is 9.53. The molecule has 0 aliphatic carbocycles. The van der Waals surface area contributed by atoms with Gasteiger partial charge in [-0.3, -0.25) is 14.4 Å². The van der Waals surface area contributed by atoms with E-state index in [1.165, 1.54) is 0 Å². The Morgan fingerprint density at radius 2 is 1.56 bits per heavy atom. The van der Waals surface area contributed by atoms with E-state index in [2.05, 4.69) is 53.3 Å². The van der Waals surface area contributed by atoms with Crippen molar-refractivity contribution in [2.45, 2.75) is 84.3 Å². The van der Waals surface area contributed by atoms with Crippen molar-refractivity contribution in [3.05, 3.63) is 130 Å². The molecule has 0 fully saturated rings. The molecule has 11 nitrogen and oxygen atoms in total. The summed E-state index contributed by atoms with van der Waals surface area (Å²) in [6.45, 7) is 11.4. The Labute approximate surface area is 381 Å². The number of rotatable bonds is 14. The Morgan fingerprint density at radius 1 is 0.873 bits per heavy atom. The maximum Gasteiger partial charge on any atom is 0.260 e. The van der Waals surface area contributed by atoms with Gasteiger partial charge in [-0.15, -0.1) is 0 Å². The van der Waals surface area contributed by atoms with Crippen LogP contribution in [0.25, 0.3) is 0 Å². The predicted molar refractivity (Wildman–Crippen MR) is 260 cm³/mol. The Kier molecular flexibility index (Phi) is 14.2. The second-order valence-corrected chi connectivity index (χ2v) is 17.9. The maximum atomic E-state index is 14.0. The average molecular weight is 888 g/mol. The fourth-order valence-electron chi connectivity index (χ4n) is 8.33. The Morgan fingerprint density at radius 3 is 2.25 bits per heavy atom. The molecule has 3 N–H and O–H groups in total. The number of thiol groups is 2. The molecule has 3 aliphatic heterocycles. The summed E-state index contributed by atoms with van der Waals surface area (Å²) in [4.78, 5) is 44.8. The van der Waals surface area contributed by atoms with Crippen LogP contribution in [0, 0.1) is 6.92 Å². The summed E-state index contributed by atoms with van der Waals surface area (Å²) < 4.78 is 18.4. The lowest BCUT2D eigenvalue weighted by atomic mass is 10.1. The van der Waals surface area contributed by atoms with Crippen LogP contribution in [0.15, 0.2) is 91.0 Å². The number of amides is 3. The summed E-state index contributed by atoms with van der Waals surface area (Å²) in [7, 11) is 1.56. The van der Waals surface area contributed by atoms with E-state index in [1.54, 1.807) is 13.2 Å². The molecule has 0 aromatic heterocycles. The van der Waals surface area contributed by atoms with Gasteiger partial charge >= 0.3 is 0 Å². The highest BCUT2D eigenvalue weighted by atomic mass is 32.1. The van der Waals surface area contributed by atoms with Gasteiger partial charge in [0.2, 0.25) is 5.91 Å². The number of aryl methyl sites for hydroxylation is 1. The first-order valence-corrected chi connectivity index (χ1v) is 22.6. The molecule has 0 saturated heterocycles. The highest BCUT2D eigenvalue weighted by Gasteiger charge is 2.38. The normalized spacial score (nSPS) is 14.8. The quantitative estimate of drug-likeness (QED) is 0.0552. The molecule has 0 radical (unpaired) electrons. The molecule has 3 heterocycles. The van der Waals surface area contributed by atoms with Crippen molar-refractivity contribution < 1.29 is 28.6 Å². The van der Waals surface area contributed by atoms with E-state index < -0.39 is 0 Å². The molecule has 330 valence electrons. The van der Waals surface area contributed by atoms with E-state index in [4.69, 9.17) is 14.2 Å². The van der Waals surface area contributed by atoms with Crippen molar-refractivity contribution in [1.82, 2.24) is 0 Å². The number of carbonyl (C=O) groups is 3.